The zero-order valence-electron chi connectivity index (χ0n) is 8.06. The molecule has 2 N–H and O–H groups in total. The Morgan fingerprint density at radius 2 is 2.27 bits per heavy atom. The maximum atomic E-state index is 11.5. The summed E-state index contributed by atoms with van der Waals surface area (Å²) >= 11 is 0. The van der Waals surface area contributed by atoms with Crippen molar-refractivity contribution in [1.82, 2.24) is 20.2 Å². The van der Waals surface area contributed by atoms with Crippen LogP contribution in [0.25, 0.3) is 0 Å². The molecule has 0 bridgehead atoms. The van der Waals surface area contributed by atoms with Crippen LogP contribution < -0.4 is 5.32 Å². The molecule has 2 heterocycles. The molecule has 6 heteroatoms. The van der Waals surface area contributed by atoms with E-state index in [1.165, 1.54) is 6.20 Å². The monoisotopic (exact) mass is 203 g/mol. The number of nitrogens with zero attached hydrogens (tertiary/aromatic N) is 3. The van der Waals surface area contributed by atoms with Gasteiger partial charge in [0.2, 0.25) is 0 Å². The molecule has 0 fully saturated rings. The van der Waals surface area contributed by atoms with Crippen molar-refractivity contribution in [3.63, 3.8) is 0 Å². The van der Waals surface area contributed by atoms with Gasteiger partial charge < -0.3 is 5.32 Å². The van der Waals surface area contributed by atoms with Crippen molar-refractivity contribution in [1.29, 1.82) is 0 Å². The van der Waals surface area contributed by atoms with Gasteiger partial charge in [0, 0.05) is 12.4 Å². The molecule has 76 valence electrons. The van der Waals surface area contributed by atoms with Crippen LogP contribution in [0.3, 0.4) is 0 Å². The number of carbonyl (C=O) groups is 1. The fourth-order valence-electron chi connectivity index (χ4n) is 1.09. The molecule has 0 aliphatic carbocycles. The standard InChI is InChI=1S/C9H9N5O/c1-6-10-4-3-8(12-6)13-9(15)7-2-5-11-14-7/h2-5H,1H3,(H,11,14)(H,10,12,13,15). The summed E-state index contributed by atoms with van der Waals surface area (Å²) in [5.74, 6) is 0.810. The second-order valence-corrected chi connectivity index (χ2v) is 2.91. The topological polar surface area (TPSA) is 83.6 Å². The number of aryl methyl sites for hydroxylation is 1. The fraction of sp³-hybridized carbons (Fsp3) is 0.111. The number of rotatable bonds is 2. The summed E-state index contributed by atoms with van der Waals surface area (Å²) in [4.78, 5) is 19.5. The molecule has 0 saturated heterocycles. The van der Waals surface area contributed by atoms with Crippen LogP contribution in [0, 0.1) is 6.92 Å². The van der Waals surface area contributed by atoms with Gasteiger partial charge in [0.15, 0.2) is 0 Å². The molecule has 2 aromatic rings. The van der Waals surface area contributed by atoms with Crippen LogP contribution in [0.2, 0.25) is 0 Å². The molecular weight excluding hydrogens is 194 g/mol. The Morgan fingerprint density at radius 1 is 1.40 bits per heavy atom. The summed E-state index contributed by atoms with van der Waals surface area (Å²) in [5, 5.41) is 8.87. The lowest BCUT2D eigenvalue weighted by Crippen LogP contribution is -2.13. The highest BCUT2D eigenvalue weighted by atomic mass is 16.2. The van der Waals surface area contributed by atoms with Gasteiger partial charge in [-0.25, -0.2) is 9.97 Å². The van der Waals surface area contributed by atoms with E-state index in [1.54, 1.807) is 25.3 Å². The smallest absolute Gasteiger partial charge is 0.274 e. The maximum absolute atomic E-state index is 11.5. The van der Waals surface area contributed by atoms with Crippen LogP contribution in [0.1, 0.15) is 16.3 Å². The molecule has 0 unspecified atom stereocenters. The highest BCUT2D eigenvalue weighted by Crippen LogP contribution is 2.03. The number of amides is 1. The van der Waals surface area contributed by atoms with Gasteiger partial charge in [0.25, 0.3) is 5.91 Å². The van der Waals surface area contributed by atoms with Crippen molar-refractivity contribution in [2.45, 2.75) is 6.92 Å². The molecule has 0 radical (unpaired) electrons. The predicted molar refractivity (Wildman–Crippen MR) is 53.3 cm³/mol. The van der Waals surface area contributed by atoms with Gasteiger partial charge in [0.05, 0.1) is 0 Å². The number of carbonyl (C=O) groups excluding carboxylic acids is 1. The minimum atomic E-state index is -0.273. The Balaban J connectivity index is 2.13. The molecular formula is C9H9N5O. The first kappa shape index (κ1) is 9.32. The first-order valence-corrected chi connectivity index (χ1v) is 4.36. The minimum absolute atomic E-state index is 0.273. The van der Waals surface area contributed by atoms with Crippen molar-refractivity contribution >= 4 is 11.7 Å². The highest BCUT2D eigenvalue weighted by Gasteiger charge is 2.07. The summed E-state index contributed by atoms with van der Waals surface area (Å²) in [7, 11) is 0. The molecule has 2 rings (SSSR count). The zero-order chi connectivity index (χ0) is 10.7. The number of nitrogens with one attached hydrogen (secondary N) is 2. The normalized spacial score (nSPS) is 9.93. The van der Waals surface area contributed by atoms with E-state index in [1.807, 2.05) is 0 Å². The summed E-state index contributed by atoms with van der Waals surface area (Å²) in [6.07, 6.45) is 3.10. The van der Waals surface area contributed by atoms with Gasteiger partial charge in [-0.15, -0.1) is 0 Å². The van der Waals surface area contributed by atoms with E-state index in [2.05, 4.69) is 25.5 Å². The summed E-state index contributed by atoms with van der Waals surface area (Å²) < 4.78 is 0. The third kappa shape index (κ3) is 2.16. The van der Waals surface area contributed by atoms with E-state index in [0.29, 0.717) is 17.3 Å². The van der Waals surface area contributed by atoms with Gasteiger partial charge in [-0.3, -0.25) is 9.89 Å². The summed E-state index contributed by atoms with van der Waals surface area (Å²) in [6, 6.07) is 3.21. The Labute approximate surface area is 85.8 Å². The second kappa shape index (κ2) is 3.87. The number of aromatic nitrogens is 4. The van der Waals surface area contributed by atoms with Crippen LogP contribution in [-0.2, 0) is 0 Å². The van der Waals surface area contributed by atoms with E-state index < -0.39 is 0 Å². The van der Waals surface area contributed by atoms with Crippen molar-refractivity contribution in [3.8, 4) is 0 Å². The number of H-pyrrole nitrogens is 1. The first-order valence-electron chi connectivity index (χ1n) is 4.36. The fourth-order valence-corrected chi connectivity index (χ4v) is 1.09. The zero-order valence-corrected chi connectivity index (χ0v) is 8.06. The molecule has 2 aromatic heterocycles. The van der Waals surface area contributed by atoms with E-state index >= 15 is 0 Å². The Kier molecular flexibility index (Phi) is 2.40. The summed E-state index contributed by atoms with van der Waals surface area (Å²) in [5.41, 5.74) is 0.395. The molecule has 1 amide bonds. The lowest BCUT2D eigenvalue weighted by atomic mass is 10.4. The average molecular weight is 203 g/mol. The van der Waals surface area contributed by atoms with E-state index in [-0.39, 0.29) is 5.91 Å². The first-order chi connectivity index (χ1) is 7.25. The van der Waals surface area contributed by atoms with Gasteiger partial charge in [-0.05, 0) is 19.1 Å². The van der Waals surface area contributed by atoms with Crippen LogP contribution in [0.5, 0.6) is 0 Å². The molecule has 0 spiro atoms. The van der Waals surface area contributed by atoms with Crippen LogP contribution in [-0.4, -0.2) is 26.1 Å². The van der Waals surface area contributed by atoms with Crippen molar-refractivity contribution < 1.29 is 4.79 Å². The number of anilines is 1. The average Bonchev–Trinajstić information content (AvgIpc) is 2.70. The quantitative estimate of drug-likeness (QED) is 0.754. The van der Waals surface area contributed by atoms with Gasteiger partial charge >= 0.3 is 0 Å². The SMILES string of the molecule is Cc1nccc(NC(=O)c2ccn[nH]2)n1. The Bertz CT molecular complexity index is 465. The van der Waals surface area contributed by atoms with E-state index in [0.717, 1.165) is 0 Å². The van der Waals surface area contributed by atoms with Gasteiger partial charge in [-0.1, -0.05) is 0 Å². The molecule has 0 aliphatic rings. The number of hydrogen-bond donors (Lipinski definition) is 2. The van der Waals surface area contributed by atoms with Crippen LogP contribution >= 0.6 is 0 Å². The van der Waals surface area contributed by atoms with Crippen molar-refractivity contribution in [2.24, 2.45) is 0 Å². The molecule has 0 aliphatic heterocycles. The van der Waals surface area contributed by atoms with E-state index in [4.69, 9.17) is 0 Å². The van der Waals surface area contributed by atoms with Crippen LogP contribution in [0.15, 0.2) is 24.5 Å². The molecule has 0 aromatic carbocycles. The number of hydrogen-bond acceptors (Lipinski definition) is 4. The van der Waals surface area contributed by atoms with Crippen molar-refractivity contribution in [2.75, 3.05) is 5.32 Å². The van der Waals surface area contributed by atoms with Gasteiger partial charge in [-0.2, -0.15) is 5.10 Å². The largest absolute Gasteiger partial charge is 0.305 e. The van der Waals surface area contributed by atoms with Crippen LogP contribution in [0.4, 0.5) is 5.82 Å². The maximum Gasteiger partial charge on any atom is 0.274 e. The van der Waals surface area contributed by atoms with E-state index in [9.17, 15) is 4.79 Å². The molecule has 6 nitrogen and oxygen atoms in total. The Morgan fingerprint density at radius 3 is 2.93 bits per heavy atom. The van der Waals surface area contributed by atoms with Crippen molar-refractivity contribution in [3.05, 3.63) is 36.0 Å². The molecule has 0 saturated carbocycles. The van der Waals surface area contributed by atoms with Gasteiger partial charge in [0.1, 0.15) is 17.3 Å². The highest BCUT2D eigenvalue weighted by molar-refractivity contribution is 6.02. The Hall–Kier alpha value is -2.24. The number of aromatic amines is 1. The third-order valence-corrected chi connectivity index (χ3v) is 1.76. The lowest BCUT2D eigenvalue weighted by Gasteiger charge is -2.02. The third-order valence-electron chi connectivity index (χ3n) is 1.76. The minimum Gasteiger partial charge on any atom is -0.305 e. The molecule has 0 atom stereocenters. The summed E-state index contributed by atoms with van der Waals surface area (Å²) in [6.45, 7) is 1.76. The predicted octanol–water partition coefficient (Wildman–Crippen LogP) is 0.760. The second-order valence-electron chi connectivity index (χ2n) is 2.91. The molecule has 15 heavy (non-hydrogen) atoms. The lowest BCUT2D eigenvalue weighted by molar-refractivity contribution is 0.102.